The maximum Gasteiger partial charge on any atom is 0.0985 e. The molecule has 0 saturated carbocycles. The molecule has 3 heteroatoms. The number of rotatable bonds is 1. The molecule has 1 N–H and O–H groups in total. The van der Waals surface area contributed by atoms with Crippen LogP contribution >= 0.6 is 11.3 Å². The lowest BCUT2D eigenvalue weighted by Gasteiger charge is -2.09. The van der Waals surface area contributed by atoms with Crippen molar-refractivity contribution in [2.45, 2.75) is 19.8 Å². The molecule has 2 heterocycles. The van der Waals surface area contributed by atoms with Crippen molar-refractivity contribution in [1.29, 1.82) is 0 Å². The van der Waals surface area contributed by atoms with Gasteiger partial charge in [0, 0.05) is 12.5 Å². The molecule has 0 amide bonds. The number of benzene rings is 1. The predicted molar refractivity (Wildman–Crippen MR) is 69.1 cm³/mol. The van der Waals surface area contributed by atoms with Gasteiger partial charge in [-0.2, -0.15) is 0 Å². The van der Waals surface area contributed by atoms with Gasteiger partial charge < -0.3 is 5.32 Å². The zero-order chi connectivity index (χ0) is 11.1. The third-order valence-corrected chi connectivity index (χ3v) is 4.55. The highest BCUT2D eigenvalue weighted by molar-refractivity contribution is 7.18. The highest BCUT2D eigenvalue weighted by Crippen LogP contribution is 2.33. The molecule has 0 aliphatic carbocycles. The maximum absolute atomic E-state index is 4.76. The summed E-state index contributed by atoms with van der Waals surface area (Å²) < 4.78 is 1.33. The molecule has 16 heavy (non-hydrogen) atoms. The van der Waals surface area contributed by atoms with Crippen molar-refractivity contribution < 1.29 is 0 Å². The van der Waals surface area contributed by atoms with Crippen LogP contribution in [0.2, 0.25) is 0 Å². The van der Waals surface area contributed by atoms with Gasteiger partial charge in [-0.3, -0.25) is 0 Å². The highest BCUT2D eigenvalue weighted by atomic mass is 32.1. The molecule has 3 rings (SSSR count). The summed E-state index contributed by atoms with van der Waals surface area (Å²) in [5.74, 6) is 1.32. The van der Waals surface area contributed by atoms with Crippen LogP contribution in [0, 0.1) is 12.8 Å². The fourth-order valence-corrected chi connectivity index (χ4v) is 3.65. The molecule has 84 valence electrons. The van der Waals surface area contributed by atoms with Gasteiger partial charge in [0.25, 0.3) is 0 Å². The SMILES string of the molecule is Cc1ccc2nc(C3CNCC3C)sc2c1. The van der Waals surface area contributed by atoms with Gasteiger partial charge in [-0.25, -0.2) is 4.98 Å². The second-order valence-corrected chi connectivity index (χ2v) is 5.83. The summed E-state index contributed by atoms with van der Waals surface area (Å²) in [6.07, 6.45) is 0. The van der Waals surface area contributed by atoms with Gasteiger partial charge in [0.1, 0.15) is 0 Å². The topological polar surface area (TPSA) is 24.9 Å². The van der Waals surface area contributed by atoms with Gasteiger partial charge in [0.15, 0.2) is 0 Å². The smallest absolute Gasteiger partial charge is 0.0985 e. The summed E-state index contributed by atoms with van der Waals surface area (Å²) in [5.41, 5.74) is 2.48. The van der Waals surface area contributed by atoms with Crippen LogP contribution < -0.4 is 5.32 Å². The van der Waals surface area contributed by atoms with Crippen LogP contribution in [0.3, 0.4) is 0 Å². The summed E-state index contributed by atoms with van der Waals surface area (Å²) in [6.45, 7) is 6.65. The first-order valence-electron chi connectivity index (χ1n) is 5.82. The molecule has 1 aliphatic rings. The summed E-state index contributed by atoms with van der Waals surface area (Å²) in [5, 5.41) is 4.75. The van der Waals surface area contributed by atoms with Gasteiger partial charge in [0.2, 0.25) is 0 Å². The Kier molecular flexibility index (Phi) is 2.45. The summed E-state index contributed by atoms with van der Waals surface area (Å²) >= 11 is 1.86. The molecule has 2 aromatic rings. The minimum absolute atomic E-state index is 0.609. The average Bonchev–Trinajstić information content (AvgIpc) is 2.82. The van der Waals surface area contributed by atoms with Crippen molar-refractivity contribution in [3.63, 3.8) is 0 Å². The van der Waals surface area contributed by atoms with E-state index in [4.69, 9.17) is 4.98 Å². The molecular weight excluding hydrogens is 216 g/mol. The standard InChI is InChI=1S/C13H16N2S/c1-8-3-4-11-12(5-8)16-13(15-11)10-7-14-6-9(10)2/h3-5,9-10,14H,6-7H2,1-2H3. The average molecular weight is 232 g/mol. The third-order valence-electron chi connectivity index (χ3n) is 3.40. The molecule has 1 saturated heterocycles. The van der Waals surface area contributed by atoms with Gasteiger partial charge in [0.05, 0.1) is 15.2 Å². The van der Waals surface area contributed by atoms with Gasteiger partial charge in [-0.05, 0) is 37.1 Å². The molecule has 2 nitrogen and oxygen atoms in total. The second-order valence-electron chi connectivity index (χ2n) is 4.77. The van der Waals surface area contributed by atoms with E-state index in [0.717, 1.165) is 18.6 Å². The van der Waals surface area contributed by atoms with E-state index in [0.29, 0.717) is 11.8 Å². The summed E-state index contributed by atoms with van der Waals surface area (Å²) in [7, 11) is 0. The van der Waals surface area contributed by atoms with Crippen LogP contribution in [0.4, 0.5) is 0 Å². The normalized spacial score (nSPS) is 25.4. The van der Waals surface area contributed by atoms with Crippen molar-refractivity contribution in [1.82, 2.24) is 10.3 Å². The van der Waals surface area contributed by atoms with Gasteiger partial charge >= 0.3 is 0 Å². The molecule has 2 unspecified atom stereocenters. The lowest BCUT2D eigenvalue weighted by atomic mass is 9.99. The Morgan fingerprint density at radius 2 is 2.25 bits per heavy atom. The van der Waals surface area contributed by atoms with E-state index in [1.165, 1.54) is 15.3 Å². The molecule has 1 aliphatic heterocycles. The minimum atomic E-state index is 0.609. The Balaban J connectivity index is 2.04. The van der Waals surface area contributed by atoms with Crippen LogP contribution in [-0.4, -0.2) is 18.1 Å². The van der Waals surface area contributed by atoms with Crippen molar-refractivity contribution >= 4 is 21.6 Å². The monoisotopic (exact) mass is 232 g/mol. The molecule has 1 aromatic carbocycles. The Morgan fingerprint density at radius 3 is 3.00 bits per heavy atom. The predicted octanol–water partition coefficient (Wildman–Crippen LogP) is 2.93. The van der Waals surface area contributed by atoms with Crippen molar-refractivity contribution in [2.75, 3.05) is 13.1 Å². The minimum Gasteiger partial charge on any atom is -0.316 e. The first-order valence-corrected chi connectivity index (χ1v) is 6.63. The van der Waals surface area contributed by atoms with Crippen LogP contribution in [-0.2, 0) is 0 Å². The molecule has 2 atom stereocenters. The first kappa shape index (κ1) is 10.2. The zero-order valence-corrected chi connectivity index (χ0v) is 10.5. The fourth-order valence-electron chi connectivity index (χ4n) is 2.35. The number of aromatic nitrogens is 1. The molecule has 0 radical (unpaired) electrons. The number of thiazole rings is 1. The van der Waals surface area contributed by atoms with E-state index in [2.05, 4.69) is 37.4 Å². The van der Waals surface area contributed by atoms with Crippen molar-refractivity contribution in [3.05, 3.63) is 28.8 Å². The van der Waals surface area contributed by atoms with Gasteiger partial charge in [-0.1, -0.05) is 13.0 Å². The summed E-state index contributed by atoms with van der Waals surface area (Å²) in [6, 6.07) is 6.52. The quantitative estimate of drug-likeness (QED) is 0.817. The van der Waals surface area contributed by atoms with E-state index < -0.39 is 0 Å². The second kappa shape index (κ2) is 3.82. The van der Waals surface area contributed by atoms with E-state index in [9.17, 15) is 0 Å². The third kappa shape index (κ3) is 1.64. The number of hydrogen-bond donors (Lipinski definition) is 1. The number of aryl methyl sites for hydroxylation is 1. The largest absolute Gasteiger partial charge is 0.316 e. The van der Waals surface area contributed by atoms with E-state index in [-0.39, 0.29) is 0 Å². The number of fused-ring (bicyclic) bond motifs is 1. The van der Waals surface area contributed by atoms with Gasteiger partial charge in [-0.15, -0.1) is 11.3 Å². The van der Waals surface area contributed by atoms with Crippen molar-refractivity contribution in [2.24, 2.45) is 5.92 Å². The Bertz CT molecular complexity index is 518. The Labute approximate surface area is 99.7 Å². The van der Waals surface area contributed by atoms with Crippen LogP contribution in [0.25, 0.3) is 10.2 Å². The van der Waals surface area contributed by atoms with E-state index in [1.807, 2.05) is 11.3 Å². The zero-order valence-electron chi connectivity index (χ0n) is 9.66. The Morgan fingerprint density at radius 1 is 1.38 bits per heavy atom. The molecule has 0 bridgehead atoms. The van der Waals surface area contributed by atoms with Crippen LogP contribution in [0.15, 0.2) is 18.2 Å². The molecule has 1 fully saturated rings. The molecular formula is C13H16N2S. The summed E-state index contributed by atoms with van der Waals surface area (Å²) in [4.78, 5) is 4.76. The Hall–Kier alpha value is -0.930. The molecule has 0 spiro atoms. The highest BCUT2D eigenvalue weighted by Gasteiger charge is 2.27. The van der Waals surface area contributed by atoms with E-state index in [1.54, 1.807) is 0 Å². The lowest BCUT2D eigenvalue weighted by molar-refractivity contribution is 0.570. The number of nitrogens with one attached hydrogen (secondary N) is 1. The first-order chi connectivity index (χ1) is 7.74. The van der Waals surface area contributed by atoms with E-state index >= 15 is 0 Å². The number of hydrogen-bond acceptors (Lipinski definition) is 3. The fraction of sp³-hybridized carbons (Fsp3) is 0.462. The molecule has 1 aromatic heterocycles. The van der Waals surface area contributed by atoms with Crippen molar-refractivity contribution in [3.8, 4) is 0 Å². The lowest BCUT2D eigenvalue weighted by Crippen LogP contribution is -2.07. The number of nitrogens with zero attached hydrogens (tertiary/aromatic N) is 1. The maximum atomic E-state index is 4.76. The van der Waals surface area contributed by atoms with Crippen LogP contribution in [0.5, 0.6) is 0 Å². The van der Waals surface area contributed by atoms with Crippen LogP contribution in [0.1, 0.15) is 23.4 Å².